The fourth-order valence-corrected chi connectivity index (χ4v) is 8.71. The quantitative estimate of drug-likeness (QED) is 0.205. The summed E-state index contributed by atoms with van der Waals surface area (Å²) in [4.78, 5) is 0. The van der Waals surface area contributed by atoms with Crippen LogP contribution in [0.2, 0.25) is 0 Å². The van der Waals surface area contributed by atoms with Crippen molar-refractivity contribution in [3.63, 3.8) is 0 Å². The molecule has 1 aromatic heterocycles. The Kier molecular flexibility index (Phi) is 4.84. The van der Waals surface area contributed by atoms with Gasteiger partial charge in [-0.2, -0.15) is 0 Å². The van der Waals surface area contributed by atoms with Gasteiger partial charge in [0, 0.05) is 25.7 Å². The minimum Gasteiger partial charge on any atom is -0.134 e. The summed E-state index contributed by atoms with van der Waals surface area (Å²) < 4.78 is 2.80. The maximum absolute atomic E-state index is 2.47. The van der Waals surface area contributed by atoms with E-state index in [-0.39, 0.29) is 0 Å². The van der Waals surface area contributed by atoms with Crippen LogP contribution in [0.4, 0.5) is 0 Å². The first-order valence-electron chi connectivity index (χ1n) is 14.5. The Labute approximate surface area is 244 Å². The zero-order valence-corrected chi connectivity index (χ0v) is 24.0. The topological polar surface area (TPSA) is 0 Å². The van der Waals surface area contributed by atoms with Crippen LogP contribution in [-0.4, -0.2) is 0 Å². The van der Waals surface area contributed by atoms with Crippen LogP contribution < -0.4 is 0 Å². The molecule has 0 spiro atoms. The largest absolute Gasteiger partial charge is 0.134 e. The van der Waals surface area contributed by atoms with Gasteiger partial charge in [-0.3, -0.25) is 0 Å². The van der Waals surface area contributed by atoms with Gasteiger partial charge >= 0.3 is 0 Å². The van der Waals surface area contributed by atoms with Gasteiger partial charge in [-0.1, -0.05) is 96.6 Å². The van der Waals surface area contributed by atoms with Crippen LogP contribution in [0.5, 0.6) is 0 Å². The molecule has 0 unspecified atom stereocenters. The lowest BCUT2D eigenvalue weighted by atomic mass is 9.88. The first-order valence-corrected chi connectivity index (χ1v) is 15.4. The third-order valence-electron chi connectivity index (χ3n) is 9.20. The molecule has 1 heterocycles. The summed E-state index contributed by atoms with van der Waals surface area (Å²) in [6.45, 7) is 4.45. The third-order valence-corrected chi connectivity index (χ3v) is 10.4. The Hall–Kier alpha value is -4.46. The molecule has 0 atom stereocenters. The van der Waals surface area contributed by atoms with Crippen molar-refractivity contribution in [2.45, 2.75) is 26.7 Å². The molecule has 0 N–H and O–H groups in total. The van der Waals surface area contributed by atoms with Crippen molar-refractivity contribution >= 4 is 48.4 Å². The van der Waals surface area contributed by atoms with Gasteiger partial charge in [0.05, 0.1) is 0 Å². The monoisotopic (exact) mass is 540 g/mol. The second-order valence-electron chi connectivity index (χ2n) is 11.8. The molecule has 0 amide bonds. The number of allylic oxidation sites excluding steroid dienone is 1. The summed E-state index contributed by atoms with van der Waals surface area (Å²) in [7, 11) is 0. The van der Waals surface area contributed by atoms with E-state index in [1.807, 2.05) is 11.3 Å². The summed E-state index contributed by atoms with van der Waals surface area (Å²) >= 11 is 1.98. The number of benzene rings is 6. The highest BCUT2D eigenvalue weighted by Gasteiger charge is 2.25. The van der Waals surface area contributed by atoms with Crippen LogP contribution in [0.3, 0.4) is 0 Å². The van der Waals surface area contributed by atoms with Gasteiger partial charge in [0.15, 0.2) is 0 Å². The zero-order valence-electron chi connectivity index (χ0n) is 23.2. The van der Waals surface area contributed by atoms with Crippen molar-refractivity contribution in [3.05, 3.63) is 137 Å². The summed E-state index contributed by atoms with van der Waals surface area (Å²) in [5.74, 6) is 0. The molecular weight excluding hydrogens is 513 g/mol. The van der Waals surface area contributed by atoms with E-state index in [2.05, 4.69) is 123 Å². The Balaban J connectivity index is 1.38. The van der Waals surface area contributed by atoms with Crippen molar-refractivity contribution in [2.75, 3.05) is 0 Å². The number of hydrogen-bond acceptors (Lipinski definition) is 1. The van der Waals surface area contributed by atoms with E-state index >= 15 is 0 Å². The Morgan fingerprint density at radius 3 is 2.34 bits per heavy atom. The average Bonchev–Trinajstić information content (AvgIpc) is 3.70. The zero-order chi connectivity index (χ0) is 27.2. The highest BCUT2D eigenvalue weighted by atomic mass is 32.1. The number of rotatable bonds is 2. The molecule has 0 saturated heterocycles. The lowest BCUT2D eigenvalue weighted by Crippen LogP contribution is -1.91. The van der Waals surface area contributed by atoms with E-state index < -0.39 is 0 Å². The van der Waals surface area contributed by atoms with Crippen molar-refractivity contribution in [1.82, 2.24) is 0 Å². The minimum absolute atomic E-state index is 1.00. The van der Waals surface area contributed by atoms with Crippen molar-refractivity contribution < 1.29 is 0 Å². The first kappa shape index (κ1) is 23.3. The summed E-state index contributed by atoms with van der Waals surface area (Å²) in [5, 5.41) is 5.43. The van der Waals surface area contributed by atoms with Crippen LogP contribution in [0, 0.1) is 13.8 Å². The SMILES string of the molecule is Cc1ccc2c(-c3c4c(cc5sc6c(-c7cccc8c7Cc7ccccc7-8)cc(C)cc6c35)CC=C4)cccc2c1. The molecule has 0 bridgehead atoms. The molecule has 0 nitrogen and oxygen atoms in total. The summed E-state index contributed by atoms with van der Waals surface area (Å²) in [6.07, 6.45) is 6.70. The van der Waals surface area contributed by atoms with E-state index in [4.69, 9.17) is 0 Å². The van der Waals surface area contributed by atoms with E-state index in [9.17, 15) is 0 Å². The van der Waals surface area contributed by atoms with Crippen LogP contribution in [-0.2, 0) is 12.8 Å². The van der Waals surface area contributed by atoms with Crippen molar-refractivity contribution in [3.8, 4) is 33.4 Å². The lowest BCUT2D eigenvalue weighted by molar-refractivity contribution is 1.26. The van der Waals surface area contributed by atoms with Gasteiger partial charge in [0.2, 0.25) is 0 Å². The lowest BCUT2D eigenvalue weighted by Gasteiger charge is -2.15. The molecule has 6 aromatic carbocycles. The van der Waals surface area contributed by atoms with E-state index in [0.717, 1.165) is 12.8 Å². The maximum atomic E-state index is 2.47. The molecule has 0 fully saturated rings. The standard InChI is InChI=1S/C40H28S/c1-23-16-17-29-25(18-23)9-6-15-33(29)38-30-12-5-10-27(30)22-37-39(38)36-20-24(2)19-35(40(36)41-37)32-14-7-13-31-28-11-4-3-8-26(28)21-34(31)32/h3-9,11-20,22H,10,21H2,1-2H3. The van der Waals surface area contributed by atoms with Gasteiger partial charge in [-0.15, -0.1) is 11.3 Å². The number of thiophene rings is 1. The third kappa shape index (κ3) is 3.33. The van der Waals surface area contributed by atoms with Crippen molar-refractivity contribution in [2.24, 2.45) is 0 Å². The molecule has 2 aliphatic rings. The van der Waals surface area contributed by atoms with Crippen LogP contribution in [0.15, 0.2) is 103 Å². The van der Waals surface area contributed by atoms with Crippen LogP contribution in [0.25, 0.3) is 70.4 Å². The Morgan fingerprint density at radius 2 is 1.41 bits per heavy atom. The second-order valence-corrected chi connectivity index (χ2v) is 12.8. The second kappa shape index (κ2) is 8.52. The maximum Gasteiger partial charge on any atom is 0.0434 e. The Morgan fingerprint density at radius 1 is 0.610 bits per heavy atom. The van der Waals surface area contributed by atoms with Gasteiger partial charge in [-0.25, -0.2) is 0 Å². The molecule has 7 aromatic rings. The number of fused-ring (bicyclic) bond motifs is 8. The molecule has 2 aliphatic carbocycles. The highest BCUT2D eigenvalue weighted by molar-refractivity contribution is 7.26. The molecule has 0 aliphatic heterocycles. The number of hydrogen-bond donors (Lipinski definition) is 0. The predicted octanol–water partition coefficient (Wildman–Crippen LogP) is 11.3. The van der Waals surface area contributed by atoms with Gasteiger partial charge in [0.25, 0.3) is 0 Å². The average molecular weight is 541 g/mol. The predicted molar refractivity (Wildman–Crippen MR) is 178 cm³/mol. The smallest absolute Gasteiger partial charge is 0.0434 e. The van der Waals surface area contributed by atoms with E-state index in [1.165, 1.54) is 97.7 Å². The molecule has 41 heavy (non-hydrogen) atoms. The fraction of sp³-hybridized carbons (Fsp3) is 0.100. The number of aryl methyl sites for hydroxylation is 2. The van der Waals surface area contributed by atoms with Crippen LogP contribution in [0.1, 0.15) is 33.4 Å². The molecule has 0 radical (unpaired) electrons. The van der Waals surface area contributed by atoms with Crippen LogP contribution >= 0.6 is 11.3 Å². The van der Waals surface area contributed by atoms with Gasteiger partial charge in [-0.05, 0) is 111 Å². The molecule has 9 rings (SSSR count). The molecule has 194 valence electrons. The molecule has 0 saturated carbocycles. The van der Waals surface area contributed by atoms with E-state index in [1.54, 1.807) is 0 Å². The molecule has 1 heteroatoms. The minimum atomic E-state index is 1.00. The van der Waals surface area contributed by atoms with E-state index in [0.29, 0.717) is 0 Å². The Bertz CT molecular complexity index is 2270. The fourth-order valence-electron chi connectivity index (χ4n) is 7.43. The summed E-state index contributed by atoms with van der Waals surface area (Å²) in [5.41, 5.74) is 16.6. The summed E-state index contributed by atoms with van der Waals surface area (Å²) in [6, 6.07) is 36.8. The highest BCUT2D eigenvalue weighted by Crippen LogP contribution is 2.50. The van der Waals surface area contributed by atoms with Gasteiger partial charge < -0.3 is 0 Å². The van der Waals surface area contributed by atoms with Gasteiger partial charge in [0.1, 0.15) is 0 Å². The van der Waals surface area contributed by atoms with Crippen molar-refractivity contribution in [1.29, 1.82) is 0 Å². The normalized spacial score (nSPS) is 13.3. The first-order chi connectivity index (χ1) is 20.1. The molecular formula is C40H28S.